The van der Waals surface area contributed by atoms with E-state index in [0.29, 0.717) is 17.2 Å². The predicted octanol–water partition coefficient (Wildman–Crippen LogP) is 2.28. The zero-order valence-corrected chi connectivity index (χ0v) is 8.15. The van der Waals surface area contributed by atoms with Crippen molar-refractivity contribution in [3.05, 3.63) is 35.5 Å². The molecule has 2 aromatic rings. The number of benzene rings is 1. The van der Waals surface area contributed by atoms with Gasteiger partial charge in [-0.3, -0.25) is 4.79 Å². The summed E-state index contributed by atoms with van der Waals surface area (Å²) in [5.41, 5.74) is 0.889. The van der Waals surface area contributed by atoms with Gasteiger partial charge < -0.3 is 10.1 Å². The van der Waals surface area contributed by atoms with Gasteiger partial charge in [0.2, 0.25) is 0 Å². The lowest BCUT2D eigenvalue weighted by molar-refractivity contribution is -0.00495. The third-order valence-corrected chi connectivity index (χ3v) is 2.45. The molecule has 0 aliphatic heterocycles. The molecule has 0 spiro atoms. The average molecular weight is 225 g/mol. The number of aromatic nitrogens is 1. The smallest absolute Gasteiger partial charge is 0.268 e. The van der Waals surface area contributed by atoms with Crippen LogP contribution in [0.2, 0.25) is 0 Å². The Morgan fingerprint density at radius 3 is 2.75 bits per heavy atom. The summed E-state index contributed by atoms with van der Waals surface area (Å²) in [4.78, 5) is 13.5. The van der Waals surface area contributed by atoms with Crippen molar-refractivity contribution >= 4 is 17.2 Å². The SMILES string of the molecule is O=Cc1cccc2[nH]cc(C(O)C(F)F)c12. The number of carbonyl (C=O) groups excluding carboxylic acids is 1. The van der Waals surface area contributed by atoms with Crippen molar-refractivity contribution in [2.75, 3.05) is 0 Å². The Kier molecular flexibility index (Phi) is 2.70. The quantitative estimate of drug-likeness (QED) is 0.787. The molecule has 0 aliphatic carbocycles. The van der Waals surface area contributed by atoms with E-state index in [0.717, 1.165) is 0 Å². The van der Waals surface area contributed by atoms with Gasteiger partial charge in [0.1, 0.15) is 6.10 Å². The molecule has 16 heavy (non-hydrogen) atoms. The second-order valence-electron chi connectivity index (χ2n) is 3.41. The summed E-state index contributed by atoms with van der Waals surface area (Å²) in [5.74, 6) is 0. The summed E-state index contributed by atoms with van der Waals surface area (Å²) in [6, 6.07) is 4.82. The first-order valence-electron chi connectivity index (χ1n) is 4.66. The van der Waals surface area contributed by atoms with Gasteiger partial charge in [-0.25, -0.2) is 8.78 Å². The molecular weight excluding hydrogens is 216 g/mol. The highest BCUT2D eigenvalue weighted by Crippen LogP contribution is 2.29. The van der Waals surface area contributed by atoms with Crippen LogP contribution in [0, 0.1) is 0 Å². The van der Waals surface area contributed by atoms with E-state index in [4.69, 9.17) is 0 Å². The van der Waals surface area contributed by atoms with Gasteiger partial charge in [-0.1, -0.05) is 12.1 Å². The first-order valence-corrected chi connectivity index (χ1v) is 4.66. The minimum Gasteiger partial charge on any atom is -0.382 e. The molecule has 2 N–H and O–H groups in total. The second kappa shape index (κ2) is 4.02. The van der Waals surface area contributed by atoms with E-state index >= 15 is 0 Å². The molecule has 1 aromatic heterocycles. The lowest BCUT2D eigenvalue weighted by Gasteiger charge is -2.08. The Morgan fingerprint density at radius 1 is 1.38 bits per heavy atom. The Bertz CT molecular complexity index is 522. The monoisotopic (exact) mass is 225 g/mol. The van der Waals surface area contributed by atoms with Crippen molar-refractivity contribution in [3.8, 4) is 0 Å². The second-order valence-corrected chi connectivity index (χ2v) is 3.41. The fourth-order valence-electron chi connectivity index (χ4n) is 1.71. The zero-order valence-electron chi connectivity index (χ0n) is 8.15. The van der Waals surface area contributed by atoms with Gasteiger partial charge in [-0.15, -0.1) is 0 Å². The molecule has 2 rings (SSSR count). The number of carbonyl (C=O) groups is 1. The average Bonchev–Trinajstić information content (AvgIpc) is 2.71. The molecule has 1 unspecified atom stereocenters. The normalized spacial score (nSPS) is 13.2. The van der Waals surface area contributed by atoms with Crippen molar-refractivity contribution in [2.45, 2.75) is 12.5 Å². The van der Waals surface area contributed by atoms with E-state index in [9.17, 15) is 18.7 Å². The van der Waals surface area contributed by atoms with Gasteiger partial charge in [0.05, 0.1) is 0 Å². The lowest BCUT2D eigenvalue weighted by atomic mass is 10.0. The predicted molar refractivity (Wildman–Crippen MR) is 54.7 cm³/mol. The van der Waals surface area contributed by atoms with Crippen LogP contribution in [0.25, 0.3) is 10.9 Å². The van der Waals surface area contributed by atoms with Crippen LogP contribution in [0.15, 0.2) is 24.4 Å². The van der Waals surface area contributed by atoms with Crippen molar-refractivity contribution in [3.63, 3.8) is 0 Å². The molecule has 0 radical (unpaired) electrons. The third-order valence-electron chi connectivity index (χ3n) is 2.45. The van der Waals surface area contributed by atoms with Gasteiger partial charge in [0.15, 0.2) is 6.29 Å². The lowest BCUT2D eigenvalue weighted by Crippen LogP contribution is -2.07. The Hall–Kier alpha value is -1.75. The van der Waals surface area contributed by atoms with Gasteiger partial charge in [-0.05, 0) is 6.07 Å². The van der Waals surface area contributed by atoms with Crippen LogP contribution < -0.4 is 0 Å². The molecule has 0 amide bonds. The topological polar surface area (TPSA) is 53.1 Å². The highest BCUT2D eigenvalue weighted by molar-refractivity contribution is 5.99. The number of nitrogens with one attached hydrogen (secondary N) is 1. The first-order chi connectivity index (χ1) is 7.65. The highest BCUT2D eigenvalue weighted by Gasteiger charge is 2.23. The Morgan fingerprint density at radius 2 is 2.12 bits per heavy atom. The first kappa shape index (κ1) is 10.8. The van der Waals surface area contributed by atoms with E-state index in [1.807, 2.05) is 0 Å². The molecule has 1 heterocycles. The maximum atomic E-state index is 12.4. The van der Waals surface area contributed by atoms with Crippen LogP contribution in [-0.2, 0) is 0 Å². The minimum absolute atomic E-state index is 0.0488. The van der Waals surface area contributed by atoms with Crippen molar-refractivity contribution < 1.29 is 18.7 Å². The van der Waals surface area contributed by atoms with Gasteiger partial charge >= 0.3 is 0 Å². The van der Waals surface area contributed by atoms with Gasteiger partial charge in [-0.2, -0.15) is 0 Å². The standard InChI is InChI=1S/C11H9F2NO2/c12-11(13)10(16)7-4-14-8-3-1-2-6(5-15)9(7)8/h1-5,10-11,14,16H. The fraction of sp³-hybridized carbons (Fsp3) is 0.182. The number of aliphatic hydroxyl groups excluding tert-OH is 1. The van der Waals surface area contributed by atoms with E-state index in [-0.39, 0.29) is 11.1 Å². The van der Waals surface area contributed by atoms with Crippen molar-refractivity contribution in [1.82, 2.24) is 4.98 Å². The molecule has 0 saturated carbocycles. The van der Waals surface area contributed by atoms with Crippen LogP contribution in [0.3, 0.4) is 0 Å². The molecular formula is C11H9F2NO2. The number of hydrogen-bond acceptors (Lipinski definition) is 2. The molecule has 1 aromatic carbocycles. The Balaban J connectivity index is 2.67. The summed E-state index contributed by atoms with van der Waals surface area (Å²) in [6.45, 7) is 0. The molecule has 1 atom stereocenters. The maximum absolute atomic E-state index is 12.4. The number of hydrogen-bond donors (Lipinski definition) is 2. The number of fused-ring (bicyclic) bond motifs is 1. The maximum Gasteiger partial charge on any atom is 0.268 e. The van der Waals surface area contributed by atoms with Crippen LogP contribution in [0.5, 0.6) is 0 Å². The summed E-state index contributed by atoms with van der Waals surface area (Å²) in [6.07, 6.45) is -2.87. The zero-order chi connectivity index (χ0) is 11.7. The van der Waals surface area contributed by atoms with Crippen LogP contribution in [-0.4, -0.2) is 22.8 Å². The molecule has 0 saturated heterocycles. The number of aromatic amines is 1. The fourth-order valence-corrected chi connectivity index (χ4v) is 1.71. The van der Waals surface area contributed by atoms with E-state index < -0.39 is 12.5 Å². The molecule has 5 heteroatoms. The Labute approximate surface area is 89.7 Å². The van der Waals surface area contributed by atoms with E-state index in [2.05, 4.69) is 4.98 Å². The van der Waals surface area contributed by atoms with Crippen molar-refractivity contribution in [2.24, 2.45) is 0 Å². The number of alkyl halides is 2. The molecule has 3 nitrogen and oxygen atoms in total. The molecule has 0 bridgehead atoms. The van der Waals surface area contributed by atoms with E-state index in [1.54, 1.807) is 12.1 Å². The third kappa shape index (κ3) is 1.59. The van der Waals surface area contributed by atoms with Gasteiger partial charge in [0.25, 0.3) is 6.43 Å². The number of aldehydes is 1. The highest BCUT2D eigenvalue weighted by atomic mass is 19.3. The summed E-state index contributed by atoms with van der Waals surface area (Å²) < 4.78 is 24.8. The number of halogens is 2. The summed E-state index contributed by atoms with van der Waals surface area (Å²) in [5, 5.41) is 9.67. The van der Waals surface area contributed by atoms with E-state index in [1.165, 1.54) is 12.3 Å². The number of rotatable bonds is 3. The summed E-state index contributed by atoms with van der Waals surface area (Å²) >= 11 is 0. The molecule has 84 valence electrons. The van der Waals surface area contributed by atoms with Crippen LogP contribution in [0.1, 0.15) is 22.0 Å². The molecule has 0 aliphatic rings. The van der Waals surface area contributed by atoms with Crippen LogP contribution in [0.4, 0.5) is 8.78 Å². The van der Waals surface area contributed by atoms with Gasteiger partial charge in [0, 0.05) is 28.2 Å². The summed E-state index contributed by atoms with van der Waals surface area (Å²) in [7, 11) is 0. The van der Waals surface area contributed by atoms with Crippen molar-refractivity contribution in [1.29, 1.82) is 0 Å². The minimum atomic E-state index is -2.88. The number of aliphatic hydroxyl groups is 1. The largest absolute Gasteiger partial charge is 0.382 e. The molecule has 0 fully saturated rings. The number of H-pyrrole nitrogens is 1. The van der Waals surface area contributed by atoms with Crippen LogP contribution >= 0.6 is 0 Å².